The minimum Gasteiger partial charge on any atom is -0.497 e. The summed E-state index contributed by atoms with van der Waals surface area (Å²) in [6.45, 7) is 8.05. The van der Waals surface area contributed by atoms with Crippen molar-refractivity contribution in [3.63, 3.8) is 0 Å². The molecule has 6 heteroatoms. The molecule has 0 bridgehead atoms. The Balaban J connectivity index is 0.00000167. The number of halogens is 1. The molecule has 35 heavy (non-hydrogen) atoms. The zero-order chi connectivity index (χ0) is 25.7. The van der Waals surface area contributed by atoms with Gasteiger partial charge in [0.15, 0.2) is 0 Å². The van der Waals surface area contributed by atoms with Gasteiger partial charge in [-0.3, -0.25) is 4.79 Å². The predicted molar refractivity (Wildman–Crippen MR) is 140 cm³/mol. The molecule has 0 amide bonds. The summed E-state index contributed by atoms with van der Waals surface area (Å²) < 4.78 is 31.9. The van der Waals surface area contributed by atoms with E-state index in [-0.39, 0.29) is 11.4 Å². The summed E-state index contributed by atoms with van der Waals surface area (Å²) in [5.41, 5.74) is 4.05. The van der Waals surface area contributed by atoms with Crippen molar-refractivity contribution in [1.29, 1.82) is 0 Å². The Labute approximate surface area is 205 Å². The lowest BCUT2D eigenvalue weighted by molar-refractivity contribution is 0.390. The Morgan fingerprint density at radius 3 is 2.00 bits per heavy atom. The highest BCUT2D eigenvalue weighted by molar-refractivity contribution is 5.98. The van der Waals surface area contributed by atoms with Crippen LogP contribution in [0.4, 0.5) is 4.39 Å². The third-order valence-corrected chi connectivity index (χ3v) is 5.89. The fourth-order valence-corrected chi connectivity index (χ4v) is 4.32. The first-order valence-corrected chi connectivity index (χ1v) is 11.6. The van der Waals surface area contributed by atoms with Gasteiger partial charge >= 0.3 is 0 Å². The molecule has 0 spiro atoms. The Morgan fingerprint density at radius 2 is 1.40 bits per heavy atom. The second kappa shape index (κ2) is 11.1. The van der Waals surface area contributed by atoms with E-state index in [0.29, 0.717) is 29.2 Å². The van der Waals surface area contributed by atoms with Gasteiger partial charge < -0.3 is 18.8 Å². The lowest BCUT2D eigenvalue weighted by atomic mass is 9.93. The number of hydrogen-bond acceptors (Lipinski definition) is 4. The minimum atomic E-state index is -0.281. The number of methoxy groups -OCH3 is 3. The summed E-state index contributed by atoms with van der Waals surface area (Å²) in [5.74, 6) is 1.61. The van der Waals surface area contributed by atoms with Crippen molar-refractivity contribution in [3.05, 3.63) is 87.6 Å². The smallest absolute Gasteiger partial charge is 0.258 e. The molecule has 0 aliphatic carbocycles. The van der Waals surface area contributed by atoms with Crippen LogP contribution in [-0.4, -0.2) is 25.9 Å². The second-order valence-electron chi connectivity index (χ2n) is 7.98. The fraction of sp³-hybridized carbons (Fsp3) is 0.276. The van der Waals surface area contributed by atoms with Gasteiger partial charge in [0.05, 0.1) is 33.3 Å². The first-order chi connectivity index (χ1) is 16.9. The number of fused-ring (bicyclic) bond motifs is 1. The van der Waals surface area contributed by atoms with Crippen molar-refractivity contribution < 1.29 is 18.6 Å². The van der Waals surface area contributed by atoms with E-state index in [9.17, 15) is 9.18 Å². The average molecular weight is 478 g/mol. The lowest BCUT2D eigenvalue weighted by Gasteiger charge is -2.18. The Kier molecular flexibility index (Phi) is 8.18. The number of hydrogen-bond donors (Lipinski definition) is 0. The van der Waals surface area contributed by atoms with Crippen LogP contribution in [0.3, 0.4) is 0 Å². The molecular weight excluding hydrogens is 445 g/mol. The van der Waals surface area contributed by atoms with Crippen molar-refractivity contribution >= 4 is 10.8 Å². The van der Waals surface area contributed by atoms with Gasteiger partial charge in [-0.2, -0.15) is 0 Å². The molecular formula is C29H32FNO4. The van der Waals surface area contributed by atoms with Crippen molar-refractivity contribution in [3.8, 4) is 28.4 Å². The molecule has 184 valence electrons. The molecule has 1 heterocycles. The normalized spacial score (nSPS) is 10.5. The van der Waals surface area contributed by atoms with Crippen LogP contribution in [0.1, 0.15) is 30.5 Å². The highest BCUT2D eigenvalue weighted by Crippen LogP contribution is 2.34. The van der Waals surface area contributed by atoms with E-state index < -0.39 is 0 Å². The third-order valence-electron chi connectivity index (χ3n) is 5.89. The van der Waals surface area contributed by atoms with Crippen molar-refractivity contribution in [2.75, 3.05) is 21.3 Å². The van der Waals surface area contributed by atoms with Gasteiger partial charge in [0, 0.05) is 23.4 Å². The van der Waals surface area contributed by atoms with E-state index in [4.69, 9.17) is 14.2 Å². The molecule has 0 saturated heterocycles. The molecule has 0 N–H and O–H groups in total. The van der Waals surface area contributed by atoms with Crippen LogP contribution in [0.5, 0.6) is 17.2 Å². The highest BCUT2D eigenvalue weighted by atomic mass is 19.1. The molecule has 0 aliphatic rings. The van der Waals surface area contributed by atoms with E-state index in [1.54, 1.807) is 38.0 Å². The van der Waals surface area contributed by atoms with Crippen molar-refractivity contribution in [1.82, 2.24) is 4.57 Å². The molecule has 0 fully saturated rings. The summed E-state index contributed by atoms with van der Waals surface area (Å²) in [6, 6.07) is 14.0. The van der Waals surface area contributed by atoms with Gasteiger partial charge in [-0.25, -0.2) is 4.39 Å². The highest BCUT2D eigenvalue weighted by Gasteiger charge is 2.17. The maximum atomic E-state index is 14.0. The van der Waals surface area contributed by atoms with Gasteiger partial charge in [0.25, 0.3) is 5.56 Å². The zero-order valence-electron chi connectivity index (χ0n) is 21.4. The van der Waals surface area contributed by atoms with Gasteiger partial charge in [-0.15, -0.1) is 0 Å². The van der Waals surface area contributed by atoms with Crippen molar-refractivity contribution in [2.24, 2.45) is 0 Å². The van der Waals surface area contributed by atoms with Gasteiger partial charge in [-0.05, 0) is 78.4 Å². The number of ether oxygens (including phenoxy) is 3. The first-order valence-electron chi connectivity index (χ1n) is 11.6. The molecule has 4 aromatic rings. The molecule has 4 rings (SSSR count). The van der Waals surface area contributed by atoms with Crippen LogP contribution in [-0.2, 0) is 6.54 Å². The standard InChI is InChI=1S/C27H26FNO4.C2H6/c1-16-10-19(28)11-17(2)26(16)24-15-29(14-18-6-7-21(32-4)13-25(18)33-5)27(30)23-12-20(31-3)8-9-22(23)24;1-2/h6-13,15H,14H2,1-5H3;1-2H3. The predicted octanol–water partition coefficient (Wildman–Crippen LogP) is 6.52. The maximum absolute atomic E-state index is 14.0. The average Bonchev–Trinajstić information content (AvgIpc) is 2.87. The summed E-state index contributed by atoms with van der Waals surface area (Å²) >= 11 is 0. The first kappa shape index (κ1) is 25.8. The number of aryl methyl sites for hydroxylation is 2. The largest absolute Gasteiger partial charge is 0.497 e. The second-order valence-corrected chi connectivity index (χ2v) is 7.98. The van der Waals surface area contributed by atoms with E-state index >= 15 is 0 Å². The molecule has 0 saturated carbocycles. The van der Waals surface area contributed by atoms with Crippen LogP contribution in [0.2, 0.25) is 0 Å². The summed E-state index contributed by atoms with van der Waals surface area (Å²) in [4.78, 5) is 13.5. The number of pyridine rings is 1. The Bertz CT molecular complexity index is 1390. The molecule has 0 unspecified atom stereocenters. The van der Waals surface area contributed by atoms with E-state index in [1.807, 2.05) is 58.2 Å². The monoisotopic (exact) mass is 477 g/mol. The van der Waals surface area contributed by atoms with E-state index in [1.165, 1.54) is 12.1 Å². The number of aromatic nitrogens is 1. The summed E-state index contributed by atoms with van der Waals surface area (Å²) in [5, 5.41) is 1.32. The quantitative estimate of drug-likeness (QED) is 0.317. The Hall–Kier alpha value is -3.80. The molecule has 0 radical (unpaired) electrons. The van der Waals surface area contributed by atoms with Gasteiger partial charge in [-0.1, -0.05) is 13.8 Å². The number of rotatable bonds is 6. The third kappa shape index (κ3) is 5.16. The Morgan fingerprint density at radius 1 is 0.800 bits per heavy atom. The summed E-state index contributed by atoms with van der Waals surface area (Å²) in [6.07, 6.45) is 1.84. The van der Waals surface area contributed by atoms with Crippen LogP contribution in [0, 0.1) is 19.7 Å². The van der Waals surface area contributed by atoms with E-state index in [0.717, 1.165) is 33.2 Å². The molecule has 0 atom stereocenters. The van der Waals surface area contributed by atoms with E-state index in [2.05, 4.69) is 0 Å². The molecule has 1 aromatic heterocycles. The maximum Gasteiger partial charge on any atom is 0.258 e. The van der Waals surface area contributed by atoms with Crippen LogP contribution in [0.25, 0.3) is 21.9 Å². The fourth-order valence-electron chi connectivity index (χ4n) is 4.32. The van der Waals surface area contributed by atoms with Crippen molar-refractivity contribution in [2.45, 2.75) is 34.2 Å². The van der Waals surface area contributed by atoms with Crippen LogP contribution < -0.4 is 19.8 Å². The minimum absolute atomic E-state index is 0.150. The van der Waals surface area contributed by atoms with Crippen LogP contribution >= 0.6 is 0 Å². The molecule has 3 aromatic carbocycles. The van der Waals surface area contributed by atoms with Gasteiger partial charge in [0.2, 0.25) is 0 Å². The summed E-state index contributed by atoms with van der Waals surface area (Å²) in [7, 11) is 4.75. The number of benzene rings is 3. The lowest BCUT2D eigenvalue weighted by Crippen LogP contribution is -2.21. The zero-order valence-corrected chi connectivity index (χ0v) is 21.4. The van der Waals surface area contributed by atoms with Gasteiger partial charge in [0.1, 0.15) is 23.1 Å². The topological polar surface area (TPSA) is 49.7 Å². The van der Waals surface area contributed by atoms with Crippen LogP contribution in [0.15, 0.2) is 59.5 Å². The molecule has 0 aliphatic heterocycles. The molecule has 5 nitrogen and oxygen atoms in total. The number of nitrogens with zero attached hydrogens (tertiary/aromatic N) is 1. The SMILES string of the molecule is CC.COc1ccc(Cn2cc(-c3c(C)cc(F)cc3C)c3ccc(OC)cc3c2=O)c(OC)c1.